The number of anilines is 1. The molecule has 0 aliphatic carbocycles. The summed E-state index contributed by atoms with van der Waals surface area (Å²) in [6.45, 7) is 2.07. The maximum atomic E-state index is 13.5. The Morgan fingerprint density at radius 3 is 2.49 bits per heavy atom. The van der Waals surface area contributed by atoms with Crippen molar-refractivity contribution in [1.82, 2.24) is 18.8 Å². The molecule has 0 saturated carbocycles. The van der Waals surface area contributed by atoms with Crippen molar-refractivity contribution in [3.63, 3.8) is 0 Å². The fourth-order valence-corrected chi connectivity index (χ4v) is 5.75. The number of ether oxygens (including phenoxy) is 1. The Labute approximate surface area is 209 Å². The van der Waals surface area contributed by atoms with Gasteiger partial charge in [0.1, 0.15) is 5.69 Å². The second-order valence-electron chi connectivity index (χ2n) is 8.51. The van der Waals surface area contributed by atoms with E-state index >= 15 is 0 Å². The quantitative estimate of drug-likeness (QED) is 0.532. The fraction of sp³-hybridized carbons (Fsp3) is 0.333. The van der Waals surface area contributed by atoms with Gasteiger partial charge in [-0.2, -0.15) is 22.5 Å². The zero-order valence-electron chi connectivity index (χ0n) is 19.1. The molecular formula is C24H26ClN5O4S. The second-order valence-corrected chi connectivity index (χ2v) is 10.7. The molecule has 3 aromatic rings. The summed E-state index contributed by atoms with van der Waals surface area (Å²) in [5.74, 6) is 0.192. The third kappa shape index (κ3) is 5.20. The number of rotatable bonds is 1. The highest BCUT2D eigenvalue weighted by atomic mass is 35.5. The van der Waals surface area contributed by atoms with Crippen molar-refractivity contribution in [2.45, 2.75) is 12.8 Å². The first-order valence-corrected chi connectivity index (χ1v) is 13.3. The molecule has 3 aliphatic heterocycles. The predicted octanol–water partition coefficient (Wildman–Crippen LogP) is 2.02. The molecule has 9 nitrogen and oxygen atoms in total. The number of halogens is 1. The lowest BCUT2D eigenvalue weighted by molar-refractivity contribution is 0.312. The zero-order chi connectivity index (χ0) is 24.4. The minimum Gasteiger partial charge on any atom is -0.486 e. The van der Waals surface area contributed by atoms with E-state index in [1.54, 1.807) is 30.5 Å². The molecule has 4 bridgehead atoms. The van der Waals surface area contributed by atoms with Gasteiger partial charge in [-0.3, -0.25) is 4.79 Å². The molecule has 0 spiro atoms. The van der Waals surface area contributed by atoms with Gasteiger partial charge in [-0.1, -0.05) is 41.9 Å². The van der Waals surface area contributed by atoms with Crippen LogP contribution in [0.5, 0.6) is 5.75 Å². The lowest BCUT2D eigenvalue weighted by Crippen LogP contribution is -2.52. The lowest BCUT2D eigenvalue weighted by Gasteiger charge is -2.35. The molecule has 11 heteroatoms. The van der Waals surface area contributed by atoms with E-state index in [2.05, 4.69) is 9.82 Å². The van der Waals surface area contributed by atoms with Gasteiger partial charge in [0.05, 0.1) is 18.5 Å². The van der Waals surface area contributed by atoms with Crippen LogP contribution in [-0.2, 0) is 23.1 Å². The summed E-state index contributed by atoms with van der Waals surface area (Å²) >= 11 is 6.13. The van der Waals surface area contributed by atoms with Crippen molar-refractivity contribution < 1.29 is 13.2 Å². The molecule has 1 saturated heterocycles. The van der Waals surface area contributed by atoms with Crippen LogP contribution in [-0.4, -0.2) is 61.8 Å². The maximum absolute atomic E-state index is 13.5. The van der Waals surface area contributed by atoms with E-state index in [1.807, 2.05) is 29.2 Å². The number of hydrogen-bond donors (Lipinski definition) is 1. The highest BCUT2D eigenvalue weighted by Gasteiger charge is 2.29. The molecule has 1 N–H and O–H groups in total. The molecule has 3 aliphatic rings. The SMILES string of the molecule is O=c1c2c(cnn1-c1cccc(Cl)c1)N1CCN(CC1)S(=O)(=O)NCCc1cccc(c1)CCO2. The van der Waals surface area contributed by atoms with Gasteiger partial charge in [-0.25, -0.2) is 4.72 Å². The van der Waals surface area contributed by atoms with Crippen LogP contribution in [0.4, 0.5) is 5.69 Å². The summed E-state index contributed by atoms with van der Waals surface area (Å²) in [6, 6.07) is 14.9. The fourth-order valence-electron chi connectivity index (χ4n) is 4.38. The van der Waals surface area contributed by atoms with Gasteiger partial charge in [-0.15, -0.1) is 0 Å². The Kier molecular flexibility index (Phi) is 6.79. The third-order valence-electron chi connectivity index (χ3n) is 6.21. The Hall–Kier alpha value is -2.92. The van der Waals surface area contributed by atoms with Crippen LogP contribution in [0.3, 0.4) is 0 Å². The van der Waals surface area contributed by atoms with Gasteiger partial charge in [0.15, 0.2) is 0 Å². The smallest absolute Gasteiger partial charge is 0.316 e. The lowest BCUT2D eigenvalue weighted by atomic mass is 10.1. The topological polar surface area (TPSA) is 96.8 Å². The third-order valence-corrected chi connectivity index (χ3v) is 8.06. The van der Waals surface area contributed by atoms with E-state index in [4.69, 9.17) is 16.3 Å². The van der Waals surface area contributed by atoms with Crippen LogP contribution < -0.4 is 19.9 Å². The monoisotopic (exact) mass is 515 g/mol. The predicted molar refractivity (Wildman–Crippen MR) is 135 cm³/mol. The van der Waals surface area contributed by atoms with Gasteiger partial charge in [-0.05, 0) is 35.7 Å². The van der Waals surface area contributed by atoms with Crippen molar-refractivity contribution in [3.8, 4) is 11.4 Å². The van der Waals surface area contributed by atoms with E-state index in [0.717, 1.165) is 11.1 Å². The van der Waals surface area contributed by atoms with Crippen molar-refractivity contribution in [2.24, 2.45) is 0 Å². The van der Waals surface area contributed by atoms with Crippen LogP contribution in [0.2, 0.25) is 5.02 Å². The van der Waals surface area contributed by atoms with E-state index in [1.165, 1.54) is 8.99 Å². The summed E-state index contributed by atoms with van der Waals surface area (Å²) in [7, 11) is -3.59. The minimum absolute atomic E-state index is 0.192. The van der Waals surface area contributed by atoms with Crippen LogP contribution in [0, 0.1) is 0 Å². The maximum Gasteiger partial charge on any atom is 0.316 e. The highest BCUT2D eigenvalue weighted by molar-refractivity contribution is 7.87. The molecule has 6 rings (SSSR count). The normalized spacial score (nSPS) is 18.6. The van der Waals surface area contributed by atoms with Crippen LogP contribution in [0.1, 0.15) is 11.1 Å². The Morgan fingerprint density at radius 2 is 1.71 bits per heavy atom. The van der Waals surface area contributed by atoms with E-state index < -0.39 is 15.8 Å². The van der Waals surface area contributed by atoms with Crippen LogP contribution in [0.15, 0.2) is 59.5 Å². The van der Waals surface area contributed by atoms with Gasteiger partial charge in [0, 0.05) is 44.2 Å². The first-order chi connectivity index (χ1) is 16.9. The summed E-state index contributed by atoms with van der Waals surface area (Å²) < 4.78 is 37.1. The average Bonchev–Trinajstić information content (AvgIpc) is 2.85. The standard InChI is InChI=1S/C24H26ClN5O4S/c25-20-5-2-6-21(16-20)30-24(31)23-22(17-26-30)28-10-12-29(13-11-28)35(32,33)27-9-7-18-3-1-4-19(15-18)8-14-34-23/h1-6,15-17,27H,7-14H2. The summed E-state index contributed by atoms with van der Waals surface area (Å²) in [5.41, 5.74) is 2.79. The number of nitrogens with zero attached hydrogens (tertiary/aromatic N) is 4. The van der Waals surface area contributed by atoms with Crippen molar-refractivity contribution >= 4 is 27.5 Å². The minimum atomic E-state index is -3.59. The largest absolute Gasteiger partial charge is 0.486 e. The Balaban J connectivity index is 1.53. The van der Waals surface area contributed by atoms with Crippen molar-refractivity contribution in [1.29, 1.82) is 0 Å². The Morgan fingerprint density at radius 1 is 0.971 bits per heavy atom. The molecule has 1 aromatic heterocycles. The van der Waals surface area contributed by atoms with Crippen LogP contribution >= 0.6 is 11.6 Å². The van der Waals surface area contributed by atoms with Gasteiger partial charge in [0.2, 0.25) is 5.75 Å². The van der Waals surface area contributed by atoms with Gasteiger partial charge in [0.25, 0.3) is 10.2 Å². The first-order valence-electron chi connectivity index (χ1n) is 11.5. The number of benzene rings is 2. The zero-order valence-corrected chi connectivity index (χ0v) is 20.6. The number of nitrogens with one attached hydrogen (secondary N) is 1. The highest BCUT2D eigenvalue weighted by Crippen LogP contribution is 2.26. The van der Waals surface area contributed by atoms with Crippen molar-refractivity contribution in [3.05, 3.63) is 81.2 Å². The molecule has 1 fully saturated rings. The van der Waals surface area contributed by atoms with Crippen LogP contribution in [0.25, 0.3) is 5.69 Å². The van der Waals surface area contributed by atoms with Gasteiger partial charge < -0.3 is 9.64 Å². The summed E-state index contributed by atoms with van der Waals surface area (Å²) in [5, 5.41) is 4.87. The number of piperazine rings is 1. The average molecular weight is 516 g/mol. The molecule has 184 valence electrons. The van der Waals surface area contributed by atoms with E-state index in [-0.39, 0.29) is 5.75 Å². The number of fused-ring (bicyclic) bond motifs is 7. The van der Waals surface area contributed by atoms with E-state index in [9.17, 15) is 13.2 Å². The number of aromatic nitrogens is 2. The molecule has 2 aromatic carbocycles. The molecule has 0 unspecified atom stereocenters. The second kappa shape index (κ2) is 9.98. The van der Waals surface area contributed by atoms with Crippen molar-refractivity contribution in [2.75, 3.05) is 44.2 Å². The molecule has 4 heterocycles. The Bertz CT molecular complexity index is 1390. The summed E-state index contributed by atoms with van der Waals surface area (Å²) in [4.78, 5) is 15.5. The molecule has 0 radical (unpaired) electrons. The number of hydrogen-bond acceptors (Lipinski definition) is 6. The van der Waals surface area contributed by atoms with Gasteiger partial charge >= 0.3 is 5.56 Å². The molecule has 35 heavy (non-hydrogen) atoms. The molecule has 0 atom stereocenters. The van der Waals surface area contributed by atoms with E-state index in [0.29, 0.717) is 68.6 Å². The molecule has 0 amide bonds. The molecular weight excluding hydrogens is 490 g/mol. The summed E-state index contributed by atoms with van der Waals surface area (Å²) in [6.07, 6.45) is 2.79. The first kappa shape index (κ1) is 23.8.